The Hall–Kier alpha value is -4.24. The summed E-state index contributed by atoms with van der Waals surface area (Å²) >= 11 is 0. The van der Waals surface area contributed by atoms with Gasteiger partial charge in [0.25, 0.3) is 0 Å². The Bertz CT molecular complexity index is 1750. The first-order valence-electron chi connectivity index (χ1n) is 13.0. The number of Topliss-reactive ketones (excluding diaryl/α,β-unsaturated/α-hetero) is 1. The van der Waals surface area contributed by atoms with Crippen LogP contribution in [-0.4, -0.2) is 11.7 Å². The fourth-order valence-electron chi connectivity index (χ4n) is 5.71. The molecule has 0 bridgehead atoms. The molecule has 0 radical (unpaired) electrons. The van der Waals surface area contributed by atoms with Crippen LogP contribution in [0.1, 0.15) is 39.0 Å². The fraction of sp³-hybridized carbons (Fsp3) is 0.176. The first kappa shape index (κ1) is 23.2. The Kier molecular flexibility index (Phi) is 6.05. The highest BCUT2D eigenvalue weighted by Gasteiger charge is 2.23. The van der Waals surface area contributed by atoms with E-state index in [1.54, 1.807) is 0 Å². The number of ketones is 1. The van der Waals surface area contributed by atoms with Crippen molar-refractivity contribution in [2.45, 2.75) is 32.6 Å². The summed E-state index contributed by atoms with van der Waals surface area (Å²) in [7, 11) is 0. The topological polar surface area (TPSA) is 46.2 Å². The molecular formula is C34H29NO2. The molecule has 3 heteroatoms. The molecule has 1 unspecified atom stereocenters. The molecule has 0 spiro atoms. The summed E-state index contributed by atoms with van der Waals surface area (Å²) in [5, 5.41) is 8.08. The molecule has 0 fully saturated rings. The average Bonchev–Trinajstić information content (AvgIpc) is 2.93. The lowest BCUT2D eigenvalue weighted by Crippen LogP contribution is -2.26. The van der Waals surface area contributed by atoms with Crippen molar-refractivity contribution >= 4 is 29.5 Å². The van der Waals surface area contributed by atoms with Gasteiger partial charge in [-0.2, -0.15) is 0 Å². The molecule has 0 saturated carbocycles. The lowest BCUT2D eigenvalue weighted by Gasteiger charge is -2.21. The number of nitrogens with one attached hydrogen (secondary N) is 1. The van der Waals surface area contributed by atoms with E-state index in [9.17, 15) is 9.59 Å². The SMILES string of the molecule is Cc1ccccc1CC(=O)Nc1ccc(C(=O)C2C=c3ccc4c(c3CC2)CC=c2ccccc2=4)cc1. The molecule has 4 aromatic carbocycles. The number of aryl methyl sites for hydroxylation is 1. The lowest BCUT2D eigenvalue weighted by molar-refractivity contribution is -0.115. The smallest absolute Gasteiger partial charge is 0.228 e. The number of hydrogen-bond acceptors (Lipinski definition) is 2. The van der Waals surface area contributed by atoms with Gasteiger partial charge in [0.05, 0.1) is 6.42 Å². The fourth-order valence-corrected chi connectivity index (χ4v) is 5.71. The van der Waals surface area contributed by atoms with E-state index in [-0.39, 0.29) is 17.6 Å². The van der Waals surface area contributed by atoms with Crippen LogP contribution in [0.2, 0.25) is 0 Å². The third-order valence-electron chi connectivity index (χ3n) is 7.73. The highest BCUT2D eigenvalue weighted by atomic mass is 16.1. The molecule has 1 N–H and O–H groups in total. The maximum Gasteiger partial charge on any atom is 0.228 e. The minimum atomic E-state index is -0.132. The number of amides is 1. The summed E-state index contributed by atoms with van der Waals surface area (Å²) in [6.45, 7) is 2.01. The minimum absolute atomic E-state index is 0.0613. The standard InChI is InChI=1S/C34H29NO2/c1-22-6-2-3-8-25(22)21-33(36)35-28-15-10-24(11-16-28)34(37)27-14-17-30-26(20-27)13-19-31-29-9-5-4-7-23(29)12-18-32(30)31/h2-13,15-16,19-20,27H,14,17-18,21H2,1H3,(H,35,36). The van der Waals surface area contributed by atoms with Gasteiger partial charge in [-0.3, -0.25) is 9.59 Å². The molecule has 3 nitrogen and oxygen atoms in total. The summed E-state index contributed by atoms with van der Waals surface area (Å²) in [6.07, 6.45) is 7.47. The van der Waals surface area contributed by atoms with Gasteiger partial charge in [0.2, 0.25) is 5.91 Å². The minimum Gasteiger partial charge on any atom is -0.326 e. The van der Waals surface area contributed by atoms with E-state index in [0.29, 0.717) is 17.7 Å². The predicted octanol–water partition coefficient (Wildman–Crippen LogP) is 5.03. The molecule has 182 valence electrons. The number of carbonyl (C=O) groups excluding carboxylic acids is 2. The molecule has 1 amide bonds. The summed E-state index contributed by atoms with van der Waals surface area (Å²) in [5.41, 5.74) is 6.30. The molecule has 0 saturated heterocycles. The van der Waals surface area contributed by atoms with Crippen molar-refractivity contribution in [1.82, 2.24) is 0 Å². The Morgan fingerprint density at radius 3 is 2.43 bits per heavy atom. The largest absolute Gasteiger partial charge is 0.326 e. The summed E-state index contributed by atoms with van der Waals surface area (Å²) < 4.78 is 0. The Morgan fingerprint density at radius 2 is 1.59 bits per heavy atom. The predicted molar refractivity (Wildman–Crippen MR) is 149 cm³/mol. The molecule has 0 aliphatic heterocycles. The van der Waals surface area contributed by atoms with Crippen molar-refractivity contribution in [2.75, 3.05) is 5.32 Å². The van der Waals surface area contributed by atoms with Crippen LogP contribution in [0, 0.1) is 23.3 Å². The molecule has 4 aromatic rings. The second kappa shape index (κ2) is 9.67. The van der Waals surface area contributed by atoms with Crippen LogP contribution < -0.4 is 15.8 Å². The van der Waals surface area contributed by atoms with Gasteiger partial charge in [0.1, 0.15) is 0 Å². The summed E-state index contributed by atoms with van der Waals surface area (Å²) in [5.74, 6) is -0.0567. The summed E-state index contributed by atoms with van der Waals surface area (Å²) in [6, 6.07) is 28.2. The molecule has 2 aliphatic rings. The van der Waals surface area contributed by atoms with Crippen LogP contribution in [0.4, 0.5) is 5.69 Å². The average molecular weight is 484 g/mol. The van der Waals surface area contributed by atoms with Gasteiger partial charge >= 0.3 is 0 Å². The van der Waals surface area contributed by atoms with Gasteiger partial charge < -0.3 is 5.32 Å². The highest BCUT2D eigenvalue weighted by molar-refractivity contribution is 6.02. The van der Waals surface area contributed by atoms with Crippen molar-refractivity contribution in [1.29, 1.82) is 0 Å². The molecule has 1 atom stereocenters. The zero-order chi connectivity index (χ0) is 25.4. The molecule has 2 aliphatic carbocycles. The van der Waals surface area contributed by atoms with Gasteiger partial charge in [-0.15, -0.1) is 0 Å². The number of fused-ring (bicyclic) bond motifs is 4. The normalized spacial score (nSPS) is 15.3. The van der Waals surface area contributed by atoms with E-state index in [1.807, 2.05) is 55.5 Å². The van der Waals surface area contributed by atoms with Crippen molar-refractivity contribution in [3.63, 3.8) is 0 Å². The molecule has 0 heterocycles. The van der Waals surface area contributed by atoms with Gasteiger partial charge in [-0.1, -0.05) is 72.8 Å². The second-order valence-electron chi connectivity index (χ2n) is 10.1. The van der Waals surface area contributed by atoms with Gasteiger partial charge in [0, 0.05) is 17.2 Å². The van der Waals surface area contributed by atoms with Gasteiger partial charge in [-0.05, 0) is 93.6 Å². The Morgan fingerprint density at radius 1 is 0.811 bits per heavy atom. The Labute approximate surface area is 216 Å². The maximum atomic E-state index is 13.3. The first-order chi connectivity index (χ1) is 18.1. The van der Waals surface area contributed by atoms with E-state index in [0.717, 1.165) is 30.4 Å². The van der Waals surface area contributed by atoms with E-state index in [1.165, 1.54) is 32.0 Å². The van der Waals surface area contributed by atoms with Gasteiger partial charge in [-0.25, -0.2) is 0 Å². The van der Waals surface area contributed by atoms with Crippen LogP contribution in [-0.2, 0) is 24.1 Å². The molecule has 37 heavy (non-hydrogen) atoms. The van der Waals surface area contributed by atoms with Crippen LogP contribution in [0.5, 0.6) is 0 Å². The third-order valence-corrected chi connectivity index (χ3v) is 7.73. The highest BCUT2D eigenvalue weighted by Crippen LogP contribution is 2.24. The quantitative estimate of drug-likeness (QED) is 0.405. The maximum absolute atomic E-state index is 13.3. The van der Waals surface area contributed by atoms with E-state index >= 15 is 0 Å². The number of hydrogen-bond donors (Lipinski definition) is 1. The van der Waals surface area contributed by atoms with Crippen molar-refractivity contribution in [3.8, 4) is 0 Å². The third kappa shape index (κ3) is 4.53. The second-order valence-corrected chi connectivity index (χ2v) is 10.1. The molecule has 6 rings (SSSR count). The van der Waals surface area contributed by atoms with Crippen molar-refractivity contribution < 1.29 is 9.59 Å². The molecule has 0 aromatic heterocycles. The number of benzene rings is 4. The lowest BCUT2D eigenvalue weighted by atomic mass is 9.82. The first-order valence-corrected chi connectivity index (χ1v) is 13.0. The zero-order valence-corrected chi connectivity index (χ0v) is 21.0. The van der Waals surface area contributed by atoms with Crippen LogP contribution in [0.15, 0.2) is 84.9 Å². The van der Waals surface area contributed by atoms with Gasteiger partial charge in [0.15, 0.2) is 5.78 Å². The van der Waals surface area contributed by atoms with Crippen LogP contribution in [0.25, 0.3) is 12.2 Å². The number of carbonyl (C=O) groups is 2. The summed E-state index contributed by atoms with van der Waals surface area (Å²) in [4.78, 5) is 25.9. The van der Waals surface area contributed by atoms with Crippen LogP contribution in [0.3, 0.4) is 0 Å². The van der Waals surface area contributed by atoms with E-state index < -0.39 is 0 Å². The molecular weight excluding hydrogens is 454 g/mol. The monoisotopic (exact) mass is 483 g/mol. The van der Waals surface area contributed by atoms with E-state index in [4.69, 9.17) is 0 Å². The van der Waals surface area contributed by atoms with E-state index in [2.05, 4.69) is 53.9 Å². The zero-order valence-electron chi connectivity index (χ0n) is 21.0. The number of anilines is 1. The Balaban J connectivity index is 1.20. The number of rotatable bonds is 5. The van der Waals surface area contributed by atoms with Crippen LogP contribution >= 0.6 is 0 Å². The van der Waals surface area contributed by atoms with Crippen molar-refractivity contribution in [3.05, 3.63) is 134 Å². The van der Waals surface area contributed by atoms with Crippen molar-refractivity contribution in [2.24, 2.45) is 5.92 Å².